The Morgan fingerprint density at radius 1 is 0.929 bits per heavy atom. The van der Waals surface area contributed by atoms with E-state index in [9.17, 15) is 0 Å². The summed E-state index contributed by atoms with van der Waals surface area (Å²) in [5.41, 5.74) is 1.01. The van der Waals surface area contributed by atoms with Crippen LogP contribution in [0.15, 0.2) is 48.8 Å². The van der Waals surface area contributed by atoms with Crippen molar-refractivity contribution in [1.82, 2.24) is 9.97 Å². The van der Waals surface area contributed by atoms with Crippen LogP contribution in [0.3, 0.4) is 0 Å². The van der Waals surface area contributed by atoms with Gasteiger partial charge in [0, 0.05) is 12.4 Å². The summed E-state index contributed by atoms with van der Waals surface area (Å²) >= 11 is 0. The SMILES string of the molecule is c1ccc(CNc2ccccn2)nc1. The maximum absolute atomic E-state index is 4.20. The Hall–Kier alpha value is -1.90. The summed E-state index contributed by atoms with van der Waals surface area (Å²) in [6, 6.07) is 11.6. The summed E-state index contributed by atoms with van der Waals surface area (Å²) in [5, 5.41) is 3.19. The van der Waals surface area contributed by atoms with Crippen molar-refractivity contribution in [3.8, 4) is 0 Å². The summed E-state index contributed by atoms with van der Waals surface area (Å²) in [6.45, 7) is 0.706. The van der Waals surface area contributed by atoms with Gasteiger partial charge >= 0.3 is 0 Å². The zero-order valence-electron chi connectivity index (χ0n) is 7.72. The lowest BCUT2D eigenvalue weighted by Gasteiger charge is -2.03. The first kappa shape index (κ1) is 8.69. The molecule has 0 unspecified atom stereocenters. The highest BCUT2D eigenvalue weighted by molar-refractivity contribution is 5.33. The van der Waals surface area contributed by atoms with Gasteiger partial charge in [-0.1, -0.05) is 12.1 Å². The minimum atomic E-state index is 0.706. The molecule has 0 aliphatic rings. The van der Waals surface area contributed by atoms with Gasteiger partial charge in [0.25, 0.3) is 0 Å². The Morgan fingerprint density at radius 2 is 1.71 bits per heavy atom. The lowest BCUT2D eigenvalue weighted by molar-refractivity contribution is 1.03. The predicted molar refractivity (Wildman–Crippen MR) is 55.8 cm³/mol. The molecule has 14 heavy (non-hydrogen) atoms. The van der Waals surface area contributed by atoms with E-state index >= 15 is 0 Å². The molecule has 3 heteroatoms. The molecule has 2 aromatic rings. The van der Waals surface area contributed by atoms with Crippen LogP contribution in [0.5, 0.6) is 0 Å². The van der Waals surface area contributed by atoms with Crippen molar-refractivity contribution in [2.24, 2.45) is 0 Å². The van der Waals surface area contributed by atoms with Crippen molar-refractivity contribution >= 4 is 5.82 Å². The van der Waals surface area contributed by atoms with Gasteiger partial charge in [0.2, 0.25) is 0 Å². The van der Waals surface area contributed by atoms with E-state index in [0.717, 1.165) is 11.5 Å². The molecule has 0 amide bonds. The highest BCUT2D eigenvalue weighted by atomic mass is 15.0. The fourth-order valence-corrected chi connectivity index (χ4v) is 1.15. The summed E-state index contributed by atoms with van der Waals surface area (Å²) < 4.78 is 0. The Morgan fingerprint density at radius 3 is 2.36 bits per heavy atom. The quantitative estimate of drug-likeness (QED) is 0.795. The number of hydrogen-bond donors (Lipinski definition) is 1. The Kier molecular flexibility index (Phi) is 2.71. The topological polar surface area (TPSA) is 37.8 Å². The van der Waals surface area contributed by atoms with Gasteiger partial charge in [-0.25, -0.2) is 4.98 Å². The second-order valence-electron chi connectivity index (χ2n) is 2.89. The van der Waals surface area contributed by atoms with Crippen LogP contribution in [-0.2, 0) is 6.54 Å². The highest BCUT2D eigenvalue weighted by Gasteiger charge is 1.93. The van der Waals surface area contributed by atoms with Gasteiger partial charge in [0.1, 0.15) is 5.82 Å². The van der Waals surface area contributed by atoms with Crippen molar-refractivity contribution in [2.75, 3.05) is 5.32 Å². The molecule has 2 heterocycles. The van der Waals surface area contributed by atoms with E-state index in [1.165, 1.54) is 0 Å². The molecule has 0 aliphatic carbocycles. The van der Waals surface area contributed by atoms with Crippen LogP contribution in [0.1, 0.15) is 5.69 Å². The molecule has 0 saturated heterocycles. The lowest BCUT2D eigenvalue weighted by Crippen LogP contribution is -2.02. The van der Waals surface area contributed by atoms with E-state index in [-0.39, 0.29) is 0 Å². The normalized spacial score (nSPS) is 9.71. The maximum atomic E-state index is 4.20. The summed E-state index contributed by atoms with van der Waals surface area (Å²) in [7, 11) is 0. The largest absolute Gasteiger partial charge is 0.364 e. The van der Waals surface area contributed by atoms with Gasteiger partial charge in [-0.15, -0.1) is 0 Å². The van der Waals surface area contributed by atoms with E-state index < -0.39 is 0 Å². The van der Waals surface area contributed by atoms with Crippen LogP contribution >= 0.6 is 0 Å². The van der Waals surface area contributed by atoms with Crippen molar-refractivity contribution in [2.45, 2.75) is 6.54 Å². The highest BCUT2D eigenvalue weighted by Crippen LogP contribution is 2.02. The van der Waals surface area contributed by atoms with Crippen LogP contribution in [0.2, 0.25) is 0 Å². The van der Waals surface area contributed by atoms with Crippen LogP contribution in [0, 0.1) is 0 Å². The number of anilines is 1. The molecule has 0 saturated carbocycles. The number of pyridine rings is 2. The molecule has 70 valence electrons. The molecule has 1 N–H and O–H groups in total. The Balaban J connectivity index is 1.96. The standard InChI is InChI=1S/C11H11N3/c1-3-7-12-10(5-1)9-14-11-6-2-4-8-13-11/h1-8H,9H2,(H,13,14). The van der Waals surface area contributed by atoms with Crippen LogP contribution in [-0.4, -0.2) is 9.97 Å². The first-order chi connectivity index (χ1) is 6.95. The number of aromatic nitrogens is 2. The Labute approximate surface area is 82.8 Å². The molecule has 2 aromatic heterocycles. The van der Waals surface area contributed by atoms with Gasteiger partial charge in [-0.3, -0.25) is 4.98 Å². The molecular weight excluding hydrogens is 174 g/mol. The first-order valence-corrected chi connectivity index (χ1v) is 4.50. The summed E-state index contributed by atoms with van der Waals surface area (Å²) in [4.78, 5) is 8.36. The number of hydrogen-bond acceptors (Lipinski definition) is 3. The average molecular weight is 185 g/mol. The molecule has 0 atom stereocenters. The monoisotopic (exact) mass is 185 g/mol. The van der Waals surface area contributed by atoms with E-state index in [0.29, 0.717) is 6.54 Å². The minimum absolute atomic E-state index is 0.706. The maximum Gasteiger partial charge on any atom is 0.126 e. The summed E-state index contributed by atoms with van der Waals surface area (Å²) in [5.74, 6) is 0.873. The van der Waals surface area contributed by atoms with Crippen molar-refractivity contribution in [1.29, 1.82) is 0 Å². The first-order valence-electron chi connectivity index (χ1n) is 4.50. The fourth-order valence-electron chi connectivity index (χ4n) is 1.15. The second-order valence-corrected chi connectivity index (χ2v) is 2.89. The minimum Gasteiger partial charge on any atom is -0.364 e. The molecular formula is C11H11N3. The Bertz CT molecular complexity index is 333. The number of rotatable bonds is 3. The van der Waals surface area contributed by atoms with Gasteiger partial charge < -0.3 is 5.32 Å². The number of nitrogens with zero attached hydrogens (tertiary/aromatic N) is 2. The van der Waals surface area contributed by atoms with E-state index in [2.05, 4.69) is 15.3 Å². The van der Waals surface area contributed by atoms with Gasteiger partial charge in [0.15, 0.2) is 0 Å². The second kappa shape index (κ2) is 4.37. The third kappa shape index (κ3) is 2.29. The molecule has 0 aromatic carbocycles. The third-order valence-electron chi connectivity index (χ3n) is 1.84. The zero-order chi connectivity index (χ0) is 9.64. The van der Waals surface area contributed by atoms with Gasteiger partial charge in [-0.2, -0.15) is 0 Å². The zero-order valence-corrected chi connectivity index (χ0v) is 7.72. The summed E-state index contributed by atoms with van der Waals surface area (Å²) in [6.07, 6.45) is 3.55. The molecule has 0 radical (unpaired) electrons. The van der Waals surface area contributed by atoms with Crippen LogP contribution in [0.4, 0.5) is 5.82 Å². The smallest absolute Gasteiger partial charge is 0.126 e. The van der Waals surface area contributed by atoms with E-state index in [1.807, 2.05) is 36.4 Å². The lowest BCUT2D eigenvalue weighted by atomic mass is 10.3. The van der Waals surface area contributed by atoms with Gasteiger partial charge in [0.05, 0.1) is 12.2 Å². The van der Waals surface area contributed by atoms with E-state index in [1.54, 1.807) is 12.4 Å². The molecule has 0 bridgehead atoms. The van der Waals surface area contributed by atoms with Gasteiger partial charge in [-0.05, 0) is 24.3 Å². The predicted octanol–water partition coefficient (Wildman–Crippen LogP) is 2.09. The van der Waals surface area contributed by atoms with Crippen molar-refractivity contribution in [3.05, 3.63) is 54.5 Å². The molecule has 0 fully saturated rings. The van der Waals surface area contributed by atoms with Crippen LogP contribution in [0.25, 0.3) is 0 Å². The van der Waals surface area contributed by atoms with Crippen LogP contribution < -0.4 is 5.32 Å². The molecule has 3 nitrogen and oxygen atoms in total. The van der Waals surface area contributed by atoms with E-state index in [4.69, 9.17) is 0 Å². The fraction of sp³-hybridized carbons (Fsp3) is 0.0909. The number of nitrogens with one attached hydrogen (secondary N) is 1. The molecule has 2 rings (SSSR count). The molecule has 0 spiro atoms. The third-order valence-corrected chi connectivity index (χ3v) is 1.84. The average Bonchev–Trinajstić information content (AvgIpc) is 2.29. The molecule has 0 aliphatic heterocycles. The van der Waals surface area contributed by atoms with Crippen molar-refractivity contribution < 1.29 is 0 Å². The van der Waals surface area contributed by atoms with Crippen molar-refractivity contribution in [3.63, 3.8) is 0 Å².